The molecule has 0 bridgehead atoms. The van der Waals surface area contributed by atoms with E-state index >= 15 is 0 Å². The molecule has 5 heteroatoms. The average molecular weight is 256 g/mol. The maximum absolute atomic E-state index is 11.4. The zero-order valence-corrected chi connectivity index (χ0v) is 11.6. The van der Waals surface area contributed by atoms with Gasteiger partial charge in [-0.2, -0.15) is 0 Å². The summed E-state index contributed by atoms with van der Waals surface area (Å²) in [4.78, 5) is 12.6. The van der Waals surface area contributed by atoms with E-state index in [-0.39, 0.29) is 11.6 Å². The first-order valence-corrected chi connectivity index (χ1v) is 6.60. The van der Waals surface area contributed by atoms with Crippen LogP contribution >= 0.6 is 11.8 Å². The van der Waals surface area contributed by atoms with Gasteiger partial charge in [-0.1, -0.05) is 0 Å². The Hall–Kier alpha value is -1.10. The van der Waals surface area contributed by atoms with Gasteiger partial charge in [-0.15, -0.1) is 11.8 Å². The zero-order chi connectivity index (χ0) is 12.9. The number of hydrogen-bond donors (Lipinski definition) is 2. The van der Waals surface area contributed by atoms with Crippen molar-refractivity contribution >= 4 is 17.8 Å². The van der Waals surface area contributed by atoms with Crippen LogP contribution in [0.2, 0.25) is 0 Å². The van der Waals surface area contributed by atoms with E-state index in [1.807, 2.05) is 33.8 Å². The van der Waals surface area contributed by atoms with Gasteiger partial charge in [-0.05, 0) is 33.8 Å². The Morgan fingerprint density at radius 3 is 2.71 bits per heavy atom. The Morgan fingerprint density at radius 2 is 2.18 bits per heavy atom. The van der Waals surface area contributed by atoms with Gasteiger partial charge in [0.1, 0.15) is 5.76 Å². The van der Waals surface area contributed by atoms with Crippen LogP contribution in [0.4, 0.5) is 4.79 Å². The van der Waals surface area contributed by atoms with Gasteiger partial charge in [-0.25, -0.2) is 4.79 Å². The van der Waals surface area contributed by atoms with Crippen molar-refractivity contribution in [3.8, 4) is 0 Å². The molecule has 2 amide bonds. The second kappa shape index (κ2) is 6.00. The number of amides is 2. The van der Waals surface area contributed by atoms with E-state index in [2.05, 4.69) is 10.6 Å². The van der Waals surface area contributed by atoms with Crippen LogP contribution < -0.4 is 10.6 Å². The molecule has 0 spiro atoms. The lowest BCUT2D eigenvalue weighted by Crippen LogP contribution is -2.46. The zero-order valence-electron chi connectivity index (χ0n) is 10.8. The van der Waals surface area contributed by atoms with Crippen molar-refractivity contribution in [1.82, 2.24) is 10.6 Å². The van der Waals surface area contributed by atoms with Gasteiger partial charge in [-0.3, -0.25) is 0 Å². The van der Waals surface area contributed by atoms with E-state index < -0.39 is 0 Å². The van der Waals surface area contributed by atoms with Crippen molar-refractivity contribution in [2.24, 2.45) is 0 Å². The molecule has 0 saturated heterocycles. The van der Waals surface area contributed by atoms with Crippen LogP contribution in [0.3, 0.4) is 0 Å². The molecule has 0 aliphatic carbocycles. The molecule has 1 aromatic rings. The standard InChI is InChI=1S/C12H20N2O2S/c1-9-10(5-7-16-9)17-8-6-13-11(15)14-12(2,3)4/h5,7H,6,8H2,1-4H3,(H2,13,14,15). The number of carbonyl (C=O) groups excluding carboxylic acids is 1. The molecular weight excluding hydrogens is 236 g/mol. The lowest BCUT2D eigenvalue weighted by molar-refractivity contribution is 0.232. The van der Waals surface area contributed by atoms with Gasteiger partial charge >= 0.3 is 6.03 Å². The number of rotatable bonds is 4. The summed E-state index contributed by atoms with van der Waals surface area (Å²) in [7, 11) is 0. The second-order valence-electron chi connectivity index (χ2n) is 4.82. The van der Waals surface area contributed by atoms with Crippen LogP contribution in [-0.4, -0.2) is 23.9 Å². The number of hydrogen-bond acceptors (Lipinski definition) is 3. The largest absolute Gasteiger partial charge is 0.468 e. The van der Waals surface area contributed by atoms with Crippen molar-refractivity contribution in [2.75, 3.05) is 12.3 Å². The topological polar surface area (TPSA) is 54.3 Å². The normalized spacial score (nSPS) is 11.3. The monoisotopic (exact) mass is 256 g/mol. The van der Waals surface area contributed by atoms with Crippen molar-refractivity contribution in [3.05, 3.63) is 18.1 Å². The minimum atomic E-state index is -0.196. The quantitative estimate of drug-likeness (QED) is 0.643. The van der Waals surface area contributed by atoms with Crippen LogP contribution in [0, 0.1) is 6.92 Å². The summed E-state index contributed by atoms with van der Waals surface area (Å²) in [6.07, 6.45) is 1.68. The van der Waals surface area contributed by atoms with Gasteiger partial charge in [0.05, 0.1) is 6.26 Å². The van der Waals surface area contributed by atoms with Crippen molar-refractivity contribution in [2.45, 2.75) is 38.1 Å². The fourth-order valence-electron chi connectivity index (χ4n) is 1.23. The molecule has 0 radical (unpaired) electrons. The molecule has 0 aliphatic rings. The molecule has 0 aliphatic heterocycles. The maximum atomic E-state index is 11.4. The minimum absolute atomic E-state index is 0.123. The molecular formula is C12H20N2O2S. The Labute approximate surface area is 107 Å². The smallest absolute Gasteiger partial charge is 0.315 e. The van der Waals surface area contributed by atoms with Crippen molar-refractivity contribution in [3.63, 3.8) is 0 Å². The summed E-state index contributed by atoms with van der Waals surface area (Å²) in [6, 6.07) is 1.82. The lowest BCUT2D eigenvalue weighted by atomic mass is 10.1. The summed E-state index contributed by atoms with van der Waals surface area (Å²) < 4.78 is 5.19. The summed E-state index contributed by atoms with van der Waals surface area (Å²) in [5, 5.41) is 5.67. The summed E-state index contributed by atoms with van der Waals surface area (Å²) in [5.41, 5.74) is -0.196. The van der Waals surface area contributed by atoms with Gasteiger partial charge in [0.25, 0.3) is 0 Å². The van der Waals surface area contributed by atoms with E-state index in [1.54, 1.807) is 18.0 Å². The summed E-state index contributed by atoms with van der Waals surface area (Å²) in [5.74, 6) is 1.76. The Bertz CT molecular complexity index is 369. The van der Waals surface area contributed by atoms with Crippen LogP contribution in [0.15, 0.2) is 21.6 Å². The van der Waals surface area contributed by atoms with Crippen LogP contribution in [0.1, 0.15) is 26.5 Å². The third kappa shape index (κ3) is 5.68. The molecule has 0 aromatic carbocycles. The molecule has 1 aromatic heterocycles. The molecule has 2 N–H and O–H groups in total. The Morgan fingerprint density at radius 1 is 1.47 bits per heavy atom. The second-order valence-corrected chi connectivity index (χ2v) is 5.96. The van der Waals surface area contributed by atoms with Gasteiger partial charge in [0.15, 0.2) is 0 Å². The molecule has 4 nitrogen and oxygen atoms in total. The van der Waals surface area contributed by atoms with Gasteiger partial charge in [0, 0.05) is 22.7 Å². The molecule has 17 heavy (non-hydrogen) atoms. The van der Waals surface area contributed by atoms with Crippen LogP contribution in [0.25, 0.3) is 0 Å². The molecule has 0 fully saturated rings. The molecule has 0 unspecified atom stereocenters. The van der Waals surface area contributed by atoms with Crippen LogP contribution in [-0.2, 0) is 0 Å². The fraction of sp³-hybridized carbons (Fsp3) is 0.583. The Kier molecular flexibility index (Phi) is 4.93. The van der Waals surface area contributed by atoms with Crippen LogP contribution in [0.5, 0.6) is 0 Å². The van der Waals surface area contributed by atoms with E-state index in [9.17, 15) is 4.79 Å². The highest BCUT2D eigenvalue weighted by Gasteiger charge is 2.12. The van der Waals surface area contributed by atoms with Crippen molar-refractivity contribution < 1.29 is 9.21 Å². The van der Waals surface area contributed by atoms with Gasteiger partial charge in [0.2, 0.25) is 0 Å². The van der Waals surface area contributed by atoms with E-state index in [4.69, 9.17) is 4.42 Å². The first-order chi connectivity index (χ1) is 7.88. The minimum Gasteiger partial charge on any atom is -0.468 e. The summed E-state index contributed by atoms with van der Waals surface area (Å²) >= 11 is 1.68. The molecule has 1 rings (SSSR count). The third-order valence-corrected chi connectivity index (χ3v) is 3.09. The van der Waals surface area contributed by atoms with Gasteiger partial charge < -0.3 is 15.1 Å². The highest BCUT2D eigenvalue weighted by molar-refractivity contribution is 7.99. The number of carbonyl (C=O) groups is 1. The predicted octanol–water partition coefficient (Wildman–Crippen LogP) is 2.78. The number of nitrogens with one attached hydrogen (secondary N) is 2. The fourth-order valence-corrected chi connectivity index (χ4v) is 2.06. The first-order valence-electron chi connectivity index (χ1n) is 5.61. The molecule has 1 heterocycles. The van der Waals surface area contributed by atoms with E-state index in [0.717, 1.165) is 16.4 Å². The summed E-state index contributed by atoms with van der Waals surface area (Å²) in [6.45, 7) is 8.43. The average Bonchev–Trinajstić information content (AvgIpc) is 2.56. The molecule has 96 valence electrons. The SMILES string of the molecule is Cc1occc1SCCNC(=O)NC(C)(C)C. The maximum Gasteiger partial charge on any atom is 0.315 e. The number of thioether (sulfide) groups is 1. The molecule has 0 saturated carbocycles. The number of furan rings is 1. The van der Waals surface area contributed by atoms with E-state index in [1.165, 1.54) is 0 Å². The highest BCUT2D eigenvalue weighted by Crippen LogP contribution is 2.22. The molecule has 0 atom stereocenters. The Balaban J connectivity index is 2.17. The lowest BCUT2D eigenvalue weighted by Gasteiger charge is -2.20. The van der Waals surface area contributed by atoms with E-state index in [0.29, 0.717) is 6.54 Å². The van der Waals surface area contributed by atoms with Crippen molar-refractivity contribution in [1.29, 1.82) is 0 Å². The first kappa shape index (κ1) is 14.0. The predicted molar refractivity (Wildman–Crippen MR) is 70.5 cm³/mol. The highest BCUT2D eigenvalue weighted by atomic mass is 32.2. The number of urea groups is 1. The third-order valence-electron chi connectivity index (χ3n) is 1.94. The number of aryl methyl sites for hydroxylation is 1.